The summed E-state index contributed by atoms with van der Waals surface area (Å²) in [7, 11) is 0. The monoisotopic (exact) mass is 375 g/mol. The molecule has 2 aromatic rings. The molecule has 0 aromatic heterocycles. The number of amides is 1. The molecule has 0 spiro atoms. The van der Waals surface area contributed by atoms with Gasteiger partial charge in [-0.15, -0.1) is 0 Å². The van der Waals surface area contributed by atoms with Crippen LogP contribution in [0.5, 0.6) is 0 Å². The summed E-state index contributed by atoms with van der Waals surface area (Å²) in [5.74, 6) is 0.974. The van der Waals surface area contributed by atoms with Gasteiger partial charge in [-0.1, -0.05) is 36.5 Å². The normalized spacial score (nSPS) is 15.2. The van der Waals surface area contributed by atoms with Crippen LogP contribution >= 0.6 is 23.5 Å². The number of nitrogens with one attached hydrogen (secondary N) is 1. The van der Waals surface area contributed by atoms with Crippen molar-refractivity contribution < 1.29 is 4.79 Å². The predicted molar refractivity (Wildman–Crippen MR) is 108 cm³/mol. The molecule has 4 nitrogen and oxygen atoms in total. The first-order chi connectivity index (χ1) is 12.2. The average molecular weight is 376 g/mol. The Morgan fingerprint density at radius 2 is 1.84 bits per heavy atom. The fraction of sp³-hybridized carbons (Fsp3) is 0.316. The van der Waals surface area contributed by atoms with Gasteiger partial charge >= 0.3 is 0 Å². The van der Waals surface area contributed by atoms with E-state index >= 15 is 0 Å². The highest BCUT2D eigenvalue weighted by atomic mass is 35.5. The SMILES string of the molecule is CCSN1CCN(c2ccc(NC(=O)c3cccc(Cl)c3)cc2)CC1. The molecule has 0 bridgehead atoms. The van der Waals surface area contributed by atoms with Crippen molar-refractivity contribution in [1.82, 2.24) is 4.31 Å². The minimum absolute atomic E-state index is 0.152. The minimum Gasteiger partial charge on any atom is -0.369 e. The zero-order chi connectivity index (χ0) is 17.6. The Bertz CT molecular complexity index is 715. The van der Waals surface area contributed by atoms with E-state index < -0.39 is 0 Å². The van der Waals surface area contributed by atoms with E-state index in [-0.39, 0.29) is 5.91 Å². The topological polar surface area (TPSA) is 35.6 Å². The van der Waals surface area contributed by atoms with E-state index in [0.717, 1.165) is 37.6 Å². The first-order valence-electron chi connectivity index (χ1n) is 8.45. The summed E-state index contributed by atoms with van der Waals surface area (Å²) in [4.78, 5) is 14.6. The maximum atomic E-state index is 12.3. The third kappa shape index (κ3) is 4.91. The fourth-order valence-electron chi connectivity index (χ4n) is 2.85. The van der Waals surface area contributed by atoms with Crippen LogP contribution in [0.3, 0.4) is 0 Å². The molecule has 0 atom stereocenters. The molecular formula is C19H22ClN3OS. The van der Waals surface area contributed by atoms with Crippen LogP contribution in [0.1, 0.15) is 17.3 Å². The van der Waals surface area contributed by atoms with Gasteiger partial charge in [0.1, 0.15) is 0 Å². The van der Waals surface area contributed by atoms with Gasteiger partial charge < -0.3 is 10.2 Å². The van der Waals surface area contributed by atoms with Crippen molar-refractivity contribution in [2.75, 3.05) is 42.1 Å². The lowest BCUT2D eigenvalue weighted by molar-refractivity contribution is 0.102. The quantitative estimate of drug-likeness (QED) is 0.786. The fourth-order valence-corrected chi connectivity index (χ4v) is 3.82. The highest BCUT2D eigenvalue weighted by molar-refractivity contribution is 7.96. The number of carbonyl (C=O) groups excluding carboxylic acids is 1. The van der Waals surface area contributed by atoms with Crippen LogP contribution in [-0.2, 0) is 0 Å². The Kier molecular flexibility index (Phi) is 6.24. The summed E-state index contributed by atoms with van der Waals surface area (Å²) in [5, 5.41) is 3.47. The maximum absolute atomic E-state index is 12.3. The predicted octanol–water partition coefficient (Wildman–Crippen LogP) is 4.38. The second kappa shape index (κ2) is 8.61. The van der Waals surface area contributed by atoms with Crippen molar-refractivity contribution in [1.29, 1.82) is 0 Å². The smallest absolute Gasteiger partial charge is 0.255 e. The van der Waals surface area contributed by atoms with Crippen LogP contribution in [0, 0.1) is 0 Å². The van der Waals surface area contributed by atoms with Gasteiger partial charge in [-0.05, 0) is 42.5 Å². The Balaban J connectivity index is 1.58. The van der Waals surface area contributed by atoms with Crippen LogP contribution < -0.4 is 10.2 Å². The Hall–Kier alpha value is -1.69. The Labute approximate surface area is 158 Å². The molecule has 0 saturated carbocycles. The second-order valence-electron chi connectivity index (χ2n) is 5.85. The third-order valence-electron chi connectivity index (χ3n) is 4.13. The van der Waals surface area contributed by atoms with E-state index in [4.69, 9.17) is 11.6 Å². The number of carbonyl (C=O) groups is 1. The number of anilines is 2. The highest BCUT2D eigenvalue weighted by Crippen LogP contribution is 2.22. The van der Waals surface area contributed by atoms with E-state index in [1.165, 1.54) is 5.69 Å². The molecule has 1 N–H and O–H groups in total. The molecule has 0 aliphatic carbocycles. The van der Waals surface area contributed by atoms with Gasteiger partial charge in [0.05, 0.1) is 0 Å². The summed E-state index contributed by atoms with van der Waals surface area (Å²) in [6.45, 7) is 6.40. The molecule has 3 rings (SSSR count). The number of benzene rings is 2. The molecular weight excluding hydrogens is 354 g/mol. The van der Waals surface area contributed by atoms with E-state index in [2.05, 4.69) is 33.6 Å². The van der Waals surface area contributed by atoms with Crippen molar-refractivity contribution in [2.24, 2.45) is 0 Å². The lowest BCUT2D eigenvalue weighted by Crippen LogP contribution is -2.43. The van der Waals surface area contributed by atoms with Gasteiger partial charge in [0, 0.05) is 53.9 Å². The standard InChI is InChI=1S/C19H22ClN3OS/c1-2-25-23-12-10-22(11-13-23)18-8-6-17(7-9-18)21-19(24)15-4-3-5-16(20)14-15/h3-9,14H,2,10-13H2,1H3,(H,21,24). The van der Waals surface area contributed by atoms with E-state index in [0.29, 0.717) is 10.6 Å². The first kappa shape index (κ1) is 18.1. The highest BCUT2D eigenvalue weighted by Gasteiger charge is 2.17. The van der Waals surface area contributed by atoms with Gasteiger partial charge in [-0.3, -0.25) is 4.79 Å². The lowest BCUT2D eigenvalue weighted by Gasteiger charge is -2.35. The van der Waals surface area contributed by atoms with Crippen molar-refractivity contribution >= 4 is 40.8 Å². The van der Waals surface area contributed by atoms with Gasteiger partial charge in [0.2, 0.25) is 0 Å². The van der Waals surface area contributed by atoms with Crippen molar-refractivity contribution in [3.05, 3.63) is 59.1 Å². The molecule has 132 valence electrons. The largest absolute Gasteiger partial charge is 0.369 e. The molecule has 0 radical (unpaired) electrons. The molecule has 1 fully saturated rings. The first-order valence-corrected chi connectivity index (χ1v) is 9.77. The molecule has 6 heteroatoms. The van der Waals surface area contributed by atoms with Crippen molar-refractivity contribution in [3.8, 4) is 0 Å². The van der Waals surface area contributed by atoms with Crippen LogP contribution in [0.2, 0.25) is 5.02 Å². The number of rotatable bonds is 5. The van der Waals surface area contributed by atoms with E-state index in [9.17, 15) is 4.79 Å². The number of nitrogens with zero attached hydrogens (tertiary/aromatic N) is 2. The summed E-state index contributed by atoms with van der Waals surface area (Å²) >= 11 is 7.85. The van der Waals surface area contributed by atoms with Gasteiger partial charge in [0.25, 0.3) is 5.91 Å². The average Bonchev–Trinajstić information content (AvgIpc) is 2.63. The van der Waals surface area contributed by atoms with Gasteiger partial charge in [0.15, 0.2) is 0 Å². The molecule has 2 aromatic carbocycles. The molecule has 25 heavy (non-hydrogen) atoms. The second-order valence-corrected chi connectivity index (χ2v) is 7.63. The summed E-state index contributed by atoms with van der Waals surface area (Å²) in [6, 6.07) is 15.0. The maximum Gasteiger partial charge on any atom is 0.255 e. The molecule has 1 aliphatic heterocycles. The summed E-state index contributed by atoms with van der Waals surface area (Å²) < 4.78 is 2.43. The zero-order valence-corrected chi connectivity index (χ0v) is 15.8. The number of hydrogen-bond donors (Lipinski definition) is 1. The third-order valence-corrected chi connectivity index (χ3v) is 5.35. The van der Waals surface area contributed by atoms with Crippen LogP contribution in [-0.4, -0.2) is 42.1 Å². The molecule has 1 aliphatic rings. The van der Waals surface area contributed by atoms with Crippen LogP contribution in [0.25, 0.3) is 0 Å². The molecule has 1 saturated heterocycles. The molecule has 1 amide bonds. The van der Waals surface area contributed by atoms with Gasteiger partial charge in [-0.25, -0.2) is 4.31 Å². The molecule has 0 unspecified atom stereocenters. The number of halogens is 1. The summed E-state index contributed by atoms with van der Waals surface area (Å²) in [5.41, 5.74) is 2.54. The Morgan fingerprint density at radius 3 is 2.48 bits per heavy atom. The van der Waals surface area contributed by atoms with E-state index in [1.807, 2.05) is 24.1 Å². The van der Waals surface area contributed by atoms with Crippen molar-refractivity contribution in [3.63, 3.8) is 0 Å². The summed E-state index contributed by atoms with van der Waals surface area (Å²) in [6.07, 6.45) is 0. The molecule has 1 heterocycles. The van der Waals surface area contributed by atoms with Crippen LogP contribution in [0.15, 0.2) is 48.5 Å². The van der Waals surface area contributed by atoms with Crippen molar-refractivity contribution in [2.45, 2.75) is 6.92 Å². The zero-order valence-electron chi connectivity index (χ0n) is 14.2. The number of hydrogen-bond acceptors (Lipinski definition) is 4. The Morgan fingerprint density at radius 1 is 1.12 bits per heavy atom. The van der Waals surface area contributed by atoms with Gasteiger partial charge in [-0.2, -0.15) is 0 Å². The minimum atomic E-state index is -0.152. The lowest BCUT2D eigenvalue weighted by atomic mass is 10.2. The van der Waals surface area contributed by atoms with E-state index in [1.54, 1.807) is 24.3 Å². The number of piperazine rings is 1. The van der Waals surface area contributed by atoms with Crippen LogP contribution in [0.4, 0.5) is 11.4 Å².